The third-order valence-corrected chi connectivity index (χ3v) is 7.15. The maximum Gasteiger partial charge on any atom is 0.418 e. The molecule has 2 aromatic heterocycles. The van der Waals surface area contributed by atoms with Crippen LogP contribution in [-0.2, 0) is 27.4 Å². The fraction of sp³-hybridized carbons (Fsp3) is 0.211. The summed E-state index contributed by atoms with van der Waals surface area (Å²) < 4.78 is 62.6. The lowest BCUT2D eigenvalue weighted by atomic mass is 10.0. The smallest absolute Gasteiger partial charge is 0.291 e. The first-order chi connectivity index (χ1) is 14.4. The molecule has 164 valence electrons. The van der Waals surface area contributed by atoms with E-state index in [0.717, 1.165) is 17.4 Å². The van der Waals surface area contributed by atoms with Gasteiger partial charge in [-0.1, -0.05) is 35.6 Å². The van der Waals surface area contributed by atoms with Crippen LogP contribution in [0.25, 0.3) is 11.3 Å². The number of aromatic nitrogens is 2. The van der Waals surface area contributed by atoms with Gasteiger partial charge in [-0.25, -0.2) is 18.5 Å². The number of sulfonamides is 1. The third-order valence-electron chi connectivity index (χ3n) is 4.36. The summed E-state index contributed by atoms with van der Waals surface area (Å²) in [5, 5.41) is 5.31. The number of halogens is 3. The highest BCUT2D eigenvalue weighted by Crippen LogP contribution is 2.35. The van der Waals surface area contributed by atoms with E-state index in [2.05, 4.69) is 9.97 Å². The van der Waals surface area contributed by atoms with Gasteiger partial charge in [-0.05, 0) is 24.6 Å². The molecule has 1 amide bonds. The molecule has 2 heterocycles. The van der Waals surface area contributed by atoms with Gasteiger partial charge in [-0.15, -0.1) is 0 Å². The number of alkyl halides is 3. The average molecular weight is 470 g/mol. The molecule has 0 unspecified atom stereocenters. The molecule has 0 atom stereocenters. The van der Waals surface area contributed by atoms with Crippen molar-refractivity contribution in [2.45, 2.75) is 23.7 Å². The molecule has 0 aliphatic rings. The van der Waals surface area contributed by atoms with Crippen LogP contribution in [0, 0.1) is 6.92 Å². The van der Waals surface area contributed by atoms with Crippen molar-refractivity contribution < 1.29 is 26.4 Å². The Balaban J connectivity index is 1.79. The van der Waals surface area contributed by atoms with E-state index in [0.29, 0.717) is 5.56 Å². The Morgan fingerprint density at radius 3 is 2.39 bits per heavy atom. The first kappa shape index (κ1) is 22.8. The van der Waals surface area contributed by atoms with Gasteiger partial charge < -0.3 is 0 Å². The number of primary sulfonamides is 1. The summed E-state index contributed by atoms with van der Waals surface area (Å²) in [5.41, 5.74) is -0.0136. The molecule has 1 aromatic carbocycles. The minimum absolute atomic E-state index is 0.0610. The topological polar surface area (TPSA) is 106 Å². The number of carbonyl (C=O) groups excluding carboxylic acids is 1. The Bertz CT molecular complexity index is 1220. The SMILES string of the molecule is Cc1nc(N(C)C(=O)Cc2ccc(-c3ncccc3C(F)(F)F)cc2)sc1S(N)(=O)=O. The number of benzene rings is 1. The first-order valence-electron chi connectivity index (χ1n) is 8.76. The second kappa shape index (κ2) is 8.36. The number of thiazole rings is 1. The Morgan fingerprint density at radius 1 is 1.19 bits per heavy atom. The van der Waals surface area contributed by atoms with Crippen molar-refractivity contribution in [2.24, 2.45) is 5.14 Å². The van der Waals surface area contributed by atoms with E-state index in [1.54, 1.807) is 12.1 Å². The molecule has 7 nitrogen and oxygen atoms in total. The largest absolute Gasteiger partial charge is 0.418 e. The number of nitrogens with two attached hydrogens (primary N) is 1. The lowest BCUT2D eigenvalue weighted by molar-refractivity contribution is -0.137. The van der Waals surface area contributed by atoms with E-state index in [4.69, 9.17) is 5.14 Å². The van der Waals surface area contributed by atoms with Crippen LogP contribution in [0.15, 0.2) is 46.8 Å². The van der Waals surface area contributed by atoms with E-state index in [1.807, 2.05) is 0 Å². The third kappa shape index (κ3) is 5.09. The minimum Gasteiger partial charge on any atom is -0.291 e. The predicted octanol–water partition coefficient (Wildman–Crippen LogP) is 3.39. The number of hydrogen-bond donors (Lipinski definition) is 1. The van der Waals surface area contributed by atoms with Crippen LogP contribution in [-0.4, -0.2) is 31.3 Å². The normalized spacial score (nSPS) is 12.1. The van der Waals surface area contributed by atoms with Crippen LogP contribution in [0.4, 0.5) is 18.3 Å². The lowest BCUT2D eigenvalue weighted by Crippen LogP contribution is -2.27. The summed E-state index contributed by atoms with van der Waals surface area (Å²) in [4.78, 5) is 21.7. The van der Waals surface area contributed by atoms with Gasteiger partial charge in [-0.3, -0.25) is 14.7 Å². The number of nitrogens with zero attached hydrogens (tertiary/aromatic N) is 3. The zero-order valence-electron chi connectivity index (χ0n) is 16.3. The Labute approximate surface area is 180 Å². The molecule has 0 saturated carbocycles. The van der Waals surface area contributed by atoms with Gasteiger partial charge in [0.25, 0.3) is 0 Å². The number of pyridine rings is 1. The standard InChI is InChI=1S/C19H17F3N4O3S2/c1-11-17(31(23,28)29)30-18(25-11)26(2)15(27)10-12-5-7-13(8-6-12)16-14(19(20,21)22)4-3-9-24-16/h3-9H,10H2,1-2H3,(H2,23,28,29). The van der Waals surface area contributed by atoms with Crippen LogP contribution in [0.5, 0.6) is 0 Å². The van der Waals surface area contributed by atoms with Crippen LogP contribution in [0.1, 0.15) is 16.8 Å². The van der Waals surface area contributed by atoms with Gasteiger partial charge in [0.2, 0.25) is 15.9 Å². The monoisotopic (exact) mass is 470 g/mol. The maximum absolute atomic E-state index is 13.2. The molecule has 3 aromatic rings. The second-order valence-corrected chi connectivity index (χ2v) is 9.37. The summed E-state index contributed by atoms with van der Waals surface area (Å²) in [6, 6.07) is 8.19. The quantitative estimate of drug-likeness (QED) is 0.615. The molecule has 0 radical (unpaired) electrons. The van der Waals surface area contributed by atoms with E-state index >= 15 is 0 Å². The highest BCUT2D eigenvalue weighted by molar-refractivity contribution is 7.91. The average Bonchev–Trinajstić information content (AvgIpc) is 3.09. The van der Waals surface area contributed by atoms with Crippen molar-refractivity contribution in [2.75, 3.05) is 11.9 Å². The fourth-order valence-electron chi connectivity index (χ4n) is 2.82. The highest BCUT2D eigenvalue weighted by Gasteiger charge is 2.34. The lowest BCUT2D eigenvalue weighted by Gasteiger charge is -2.14. The van der Waals surface area contributed by atoms with Gasteiger partial charge in [0.05, 0.1) is 23.4 Å². The van der Waals surface area contributed by atoms with Crippen LogP contribution in [0.3, 0.4) is 0 Å². The van der Waals surface area contributed by atoms with Gasteiger partial charge in [0.1, 0.15) is 0 Å². The van der Waals surface area contributed by atoms with Crippen molar-refractivity contribution in [1.29, 1.82) is 0 Å². The molecule has 0 aliphatic heterocycles. The molecular formula is C19H17F3N4O3S2. The fourth-order valence-corrected chi connectivity index (χ4v) is 4.75. The highest BCUT2D eigenvalue weighted by atomic mass is 32.2. The number of anilines is 1. The van der Waals surface area contributed by atoms with E-state index < -0.39 is 21.8 Å². The zero-order valence-corrected chi connectivity index (χ0v) is 18.0. The maximum atomic E-state index is 13.2. The Kier molecular flexibility index (Phi) is 6.16. The van der Waals surface area contributed by atoms with Gasteiger partial charge in [0, 0.05) is 18.8 Å². The molecule has 31 heavy (non-hydrogen) atoms. The molecule has 0 bridgehead atoms. The zero-order chi connectivity index (χ0) is 23.0. The van der Waals surface area contributed by atoms with E-state index in [1.165, 1.54) is 43.3 Å². The molecule has 2 N–H and O–H groups in total. The second-order valence-electron chi connectivity index (χ2n) is 6.64. The van der Waals surface area contributed by atoms with Gasteiger partial charge in [0.15, 0.2) is 9.34 Å². The molecular weight excluding hydrogens is 453 g/mol. The van der Waals surface area contributed by atoms with Gasteiger partial charge >= 0.3 is 6.18 Å². The summed E-state index contributed by atoms with van der Waals surface area (Å²) >= 11 is 0.783. The Morgan fingerprint density at radius 2 is 1.84 bits per heavy atom. The van der Waals surface area contributed by atoms with Crippen molar-refractivity contribution in [3.63, 3.8) is 0 Å². The summed E-state index contributed by atoms with van der Waals surface area (Å²) in [6.45, 7) is 1.48. The predicted molar refractivity (Wildman–Crippen MR) is 110 cm³/mol. The van der Waals surface area contributed by atoms with Crippen LogP contribution < -0.4 is 10.0 Å². The molecule has 0 fully saturated rings. The molecule has 0 spiro atoms. The van der Waals surface area contributed by atoms with Crippen molar-refractivity contribution in [3.8, 4) is 11.3 Å². The first-order valence-corrected chi connectivity index (χ1v) is 11.1. The summed E-state index contributed by atoms with van der Waals surface area (Å²) in [6.07, 6.45) is -3.32. The number of amides is 1. The number of likely N-dealkylation sites (N-methyl/N-ethyl adjacent to an activating group) is 1. The van der Waals surface area contributed by atoms with Crippen molar-refractivity contribution in [1.82, 2.24) is 9.97 Å². The molecule has 3 rings (SSSR count). The van der Waals surface area contributed by atoms with Crippen molar-refractivity contribution >= 4 is 32.4 Å². The van der Waals surface area contributed by atoms with E-state index in [9.17, 15) is 26.4 Å². The molecule has 0 saturated heterocycles. The number of rotatable bonds is 5. The summed E-state index contributed by atoms with van der Waals surface area (Å²) in [7, 11) is -2.49. The minimum atomic E-state index is -4.54. The summed E-state index contributed by atoms with van der Waals surface area (Å²) in [5.74, 6) is -0.378. The molecule has 0 aliphatic carbocycles. The Hall–Kier alpha value is -2.83. The van der Waals surface area contributed by atoms with Crippen molar-refractivity contribution in [3.05, 3.63) is 59.4 Å². The van der Waals surface area contributed by atoms with Crippen LogP contribution >= 0.6 is 11.3 Å². The van der Waals surface area contributed by atoms with Crippen LogP contribution in [0.2, 0.25) is 0 Å². The number of hydrogen-bond acceptors (Lipinski definition) is 6. The van der Waals surface area contributed by atoms with Gasteiger partial charge in [-0.2, -0.15) is 13.2 Å². The number of carbonyl (C=O) groups is 1. The number of aryl methyl sites for hydroxylation is 1. The van der Waals surface area contributed by atoms with E-state index in [-0.39, 0.29) is 38.6 Å². The molecule has 12 heteroatoms.